The van der Waals surface area contributed by atoms with Gasteiger partial charge in [-0.25, -0.2) is 0 Å². The summed E-state index contributed by atoms with van der Waals surface area (Å²) in [6, 6.07) is 10.2. The van der Waals surface area contributed by atoms with Crippen molar-refractivity contribution in [1.29, 1.82) is 0 Å². The average Bonchev–Trinajstić information content (AvgIpc) is 2.29. The standard InChI is InChI=1S/C13H19NO/c1-3-11(2)13(15)14-10-9-12-7-5-4-6-8-12/h4-8,11H,3,9-10H2,1-2H3,(H,14,15)/t11-/m0/s1. The predicted octanol–water partition coefficient (Wildman–Crippen LogP) is 2.39. The number of hydrogen-bond donors (Lipinski definition) is 1. The van der Waals surface area contributed by atoms with Crippen LogP contribution in [0, 0.1) is 5.92 Å². The van der Waals surface area contributed by atoms with Crippen molar-refractivity contribution >= 4 is 5.91 Å². The molecule has 0 heterocycles. The third-order valence-electron chi connectivity index (χ3n) is 2.62. The number of carbonyl (C=O) groups is 1. The van der Waals surface area contributed by atoms with Crippen molar-refractivity contribution in [1.82, 2.24) is 5.32 Å². The Labute approximate surface area is 91.7 Å². The zero-order valence-corrected chi connectivity index (χ0v) is 9.49. The van der Waals surface area contributed by atoms with Gasteiger partial charge in [-0.3, -0.25) is 4.79 Å². The molecule has 0 aromatic heterocycles. The smallest absolute Gasteiger partial charge is 0.222 e. The van der Waals surface area contributed by atoms with Crippen LogP contribution in [0.2, 0.25) is 0 Å². The molecule has 0 saturated carbocycles. The molecule has 15 heavy (non-hydrogen) atoms. The Morgan fingerprint density at radius 2 is 2.00 bits per heavy atom. The fourth-order valence-corrected chi connectivity index (χ4v) is 1.33. The highest BCUT2D eigenvalue weighted by Crippen LogP contribution is 2.01. The summed E-state index contributed by atoms with van der Waals surface area (Å²) in [6.45, 7) is 4.71. The van der Waals surface area contributed by atoms with Crippen molar-refractivity contribution in [2.75, 3.05) is 6.54 Å². The van der Waals surface area contributed by atoms with Crippen LogP contribution in [0.1, 0.15) is 25.8 Å². The molecule has 0 aliphatic carbocycles. The van der Waals surface area contributed by atoms with E-state index >= 15 is 0 Å². The lowest BCUT2D eigenvalue weighted by Crippen LogP contribution is -2.30. The van der Waals surface area contributed by atoms with Crippen molar-refractivity contribution in [3.05, 3.63) is 35.9 Å². The maximum Gasteiger partial charge on any atom is 0.222 e. The SMILES string of the molecule is CC[C@H](C)C(=O)NCCc1ccccc1. The highest BCUT2D eigenvalue weighted by Gasteiger charge is 2.08. The highest BCUT2D eigenvalue weighted by molar-refractivity contribution is 5.78. The molecule has 1 atom stereocenters. The van der Waals surface area contributed by atoms with Crippen molar-refractivity contribution < 1.29 is 4.79 Å². The second-order valence-corrected chi connectivity index (χ2v) is 3.84. The molecular weight excluding hydrogens is 186 g/mol. The van der Waals surface area contributed by atoms with Crippen LogP contribution in [0.4, 0.5) is 0 Å². The Bertz CT molecular complexity index is 295. The third kappa shape index (κ3) is 4.15. The Morgan fingerprint density at radius 1 is 1.33 bits per heavy atom. The first-order valence-corrected chi connectivity index (χ1v) is 5.55. The highest BCUT2D eigenvalue weighted by atomic mass is 16.1. The molecule has 2 heteroatoms. The van der Waals surface area contributed by atoms with Crippen LogP contribution in [-0.2, 0) is 11.2 Å². The Balaban J connectivity index is 2.25. The second-order valence-electron chi connectivity index (χ2n) is 3.84. The minimum Gasteiger partial charge on any atom is -0.356 e. The van der Waals surface area contributed by atoms with Gasteiger partial charge >= 0.3 is 0 Å². The molecule has 0 saturated heterocycles. The van der Waals surface area contributed by atoms with Gasteiger partial charge in [0, 0.05) is 12.5 Å². The molecule has 1 rings (SSSR count). The number of benzene rings is 1. The van der Waals surface area contributed by atoms with Crippen molar-refractivity contribution in [3.63, 3.8) is 0 Å². The van der Waals surface area contributed by atoms with E-state index in [1.807, 2.05) is 32.0 Å². The molecule has 0 aliphatic rings. The second kappa shape index (κ2) is 6.23. The molecule has 1 aromatic carbocycles. The molecule has 0 bridgehead atoms. The van der Waals surface area contributed by atoms with E-state index in [4.69, 9.17) is 0 Å². The van der Waals surface area contributed by atoms with E-state index in [9.17, 15) is 4.79 Å². The summed E-state index contributed by atoms with van der Waals surface area (Å²) < 4.78 is 0. The van der Waals surface area contributed by atoms with Gasteiger partial charge in [0.1, 0.15) is 0 Å². The first-order valence-electron chi connectivity index (χ1n) is 5.55. The lowest BCUT2D eigenvalue weighted by molar-refractivity contribution is -0.124. The van der Waals surface area contributed by atoms with Crippen LogP contribution in [0.3, 0.4) is 0 Å². The van der Waals surface area contributed by atoms with Crippen molar-refractivity contribution in [2.45, 2.75) is 26.7 Å². The van der Waals surface area contributed by atoms with Gasteiger partial charge in [-0.15, -0.1) is 0 Å². The maximum atomic E-state index is 11.5. The summed E-state index contributed by atoms with van der Waals surface area (Å²) >= 11 is 0. The van der Waals surface area contributed by atoms with Gasteiger partial charge in [0.05, 0.1) is 0 Å². The van der Waals surface area contributed by atoms with Gasteiger partial charge in [-0.2, -0.15) is 0 Å². The lowest BCUT2D eigenvalue weighted by Gasteiger charge is -2.09. The van der Waals surface area contributed by atoms with Gasteiger partial charge in [-0.05, 0) is 18.4 Å². The fourth-order valence-electron chi connectivity index (χ4n) is 1.33. The summed E-state index contributed by atoms with van der Waals surface area (Å²) in [6.07, 6.45) is 1.81. The van der Waals surface area contributed by atoms with E-state index < -0.39 is 0 Å². The van der Waals surface area contributed by atoms with Crippen LogP contribution in [0.5, 0.6) is 0 Å². The molecule has 82 valence electrons. The monoisotopic (exact) mass is 205 g/mol. The Morgan fingerprint density at radius 3 is 2.60 bits per heavy atom. The van der Waals surface area contributed by atoms with Crippen LogP contribution >= 0.6 is 0 Å². The van der Waals surface area contributed by atoms with E-state index in [2.05, 4.69) is 17.4 Å². The Hall–Kier alpha value is -1.31. The molecular formula is C13H19NO. The lowest BCUT2D eigenvalue weighted by atomic mass is 10.1. The van der Waals surface area contributed by atoms with Crippen molar-refractivity contribution in [3.8, 4) is 0 Å². The quantitative estimate of drug-likeness (QED) is 0.785. The maximum absolute atomic E-state index is 11.5. The van der Waals surface area contributed by atoms with Crippen LogP contribution < -0.4 is 5.32 Å². The predicted molar refractivity (Wildman–Crippen MR) is 62.6 cm³/mol. The summed E-state index contributed by atoms with van der Waals surface area (Å²) in [4.78, 5) is 11.5. The molecule has 1 aromatic rings. The average molecular weight is 205 g/mol. The minimum absolute atomic E-state index is 0.126. The number of carbonyl (C=O) groups excluding carboxylic acids is 1. The van der Waals surface area contributed by atoms with Gasteiger partial charge in [-0.1, -0.05) is 44.2 Å². The summed E-state index contributed by atoms with van der Waals surface area (Å²) in [7, 11) is 0. The van der Waals surface area contributed by atoms with E-state index in [0.717, 1.165) is 19.4 Å². The summed E-state index contributed by atoms with van der Waals surface area (Å²) in [5.41, 5.74) is 1.27. The molecule has 2 nitrogen and oxygen atoms in total. The summed E-state index contributed by atoms with van der Waals surface area (Å²) in [5, 5.41) is 2.94. The first-order chi connectivity index (χ1) is 7.24. The van der Waals surface area contributed by atoms with Gasteiger partial charge in [0.2, 0.25) is 5.91 Å². The molecule has 0 spiro atoms. The van der Waals surface area contributed by atoms with Gasteiger partial charge < -0.3 is 5.32 Å². The Kier molecular flexibility index (Phi) is 4.88. The van der Waals surface area contributed by atoms with Crippen LogP contribution in [0.25, 0.3) is 0 Å². The number of hydrogen-bond acceptors (Lipinski definition) is 1. The zero-order valence-electron chi connectivity index (χ0n) is 9.49. The van der Waals surface area contributed by atoms with E-state index in [1.54, 1.807) is 0 Å². The van der Waals surface area contributed by atoms with E-state index in [0.29, 0.717) is 0 Å². The van der Waals surface area contributed by atoms with Crippen LogP contribution in [-0.4, -0.2) is 12.5 Å². The molecule has 0 unspecified atom stereocenters. The molecule has 0 aliphatic heterocycles. The van der Waals surface area contributed by atoms with Crippen molar-refractivity contribution in [2.24, 2.45) is 5.92 Å². The van der Waals surface area contributed by atoms with E-state index in [-0.39, 0.29) is 11.8 Å². The van der Waals surface area contributed by atoms with E-state index in [1.165, 1.54) is 5.56 Å². The first kappa shape index (κ1) is 11.8. The largest absolute Gasteiger partial charge is 0.356 e. The zero-order chi connectivity index (χ0) is 11.1. The van der Waals surface area contributed by atoms with Gasteiger partial charge in [0.25, 0.3) is 0 Å². The molecule has 1 N–H and O–H groups in total. The number of nitrogens with one attached hydrogen (secondary N) is 1. The normalized spacial score (nSPS) is 12.1. The third-order valence-corrected chi connectivity index (χ3v) is 2.62. The molecule has 0 fully saturated rings. The minimum atomic E-state index is 0.126. The number of rotatable bonds is 5. The molecule has 0 radical (unpaired) electrons. The molecule has 1 amide bonds. The van der Waals surface area contributed by atoms with Crippen LogP contribution in [0.15, 0.2) is 30.3 Å². The van der Waals surface area contributed by atoms with Gasteiger partial charge in [0.15, 0.2) is 0 Å². The fraction of sp³-hybridized carbons (Fsp3) is 0.462. The number of amides is 1. The topological polar surface area (TPSA) is 29.1 Å². The summed E-state index contributed by atoms with van der Waals surface area (Å²) in [5.74, 6) is 0.286.